The molecule has 2 aromatic carbocycles. The average molecular weight is 526 g/mol. The molecule has 2 N–H and O–H groups in total. The van der Waals surface area contributed by atoms with E-state index in [0.29, 0.717) is 77.8 Å². The summed E-state index contributed by atoms with van der Waals surface area (Å²) in [6, 6.07) is 6.42. The van der Waals surface area contributed by atoms with Crippen LogP contribution >= 0.6 is 11.6 Å². The van der Waals surface area contributed by atoms with Crippen LogP contribution in [0, 0.1) is 5.82 Å². The van der Waals surface area contributed by atoms with Crippen molar-refractivity contribution in [2.45, 2.75) is 12.8 Å². The number of carboxylic acids is 1. The highest BCUT2D eigenvalue weighted by Gasteiger charge is 2.28. The number of nitrogens with one attached hydrogen (secondary N) is 1. The summed E-state index contributed by atoms with van der Waals surface area (Å²) in [5, 5.41) is 13.1. The van der Waals surface area contributed by atoms with Crippen LogP contribution in [0.5, 0.6) is 5.75 Å². The number of halogens is 2. The number of piperazine rings is 1. The molecule has 37 heavy (non-hydrogen) atoms. The van der Waals surface area contributed by atoms with E-state index in [0.717, 1.165) is 5.56 Å². The molecular weight excluding hydrogens is 501 g/mol. The third-order valence-corrected chi connectivity index (χ3v) is 6.84. The van der Waals surface area contributed by atoms with Gasteiger partial charge in [0.1, 0.15) is 17.4 Å². The molecule has 5 rings (SSSR count). The first-order valence-corrected chi connectivity index (χ1v) is 12.3. The molecular formula is C26H25ClFN5O4. The van der Waals surface area contributed by atoms with Crippen molar-refractivity contribution in [3.63, 3.8) is 0 Å². The number of hydrogen-bond donors (Lipinski definition) is 2. The summed E-state index contributed by atoms with van der Waals surface area (Å²) < 4.78 is 20.9. The Morgan fingerprint density at radius 2 is 2.00 bits per heavy atom. The van der Waals surface area contributed by atoms with Crippen molar-refractivity contribution < 1.29 is 23.8 Å². The molecule has 1 fully saturated rings. The molecule has 11 heteroatoms. The lowest BCUT2D eigenvalue weighted by Crippen LogP contribution is -2.48. The number of carbonyl (C=O) groups is 2. The standard InChI is InChI=1S/C26H25ClFN5O4/c1-2-20(34)32-9-11-33(12-10-32)25-16-14-17(27)22-15(7-13-37-19-5-3-4-18(28)23(19)22)24(16)30-26(31-25)29-8-6-21(35)36/h2-5,14H,1,6-13H2,(H,35,36)(H,29,30,31). The normalized spacial score (nSPS) is 14.9. The van der Waals surface area contributed by atoms with Crippen molar-refractivity contribution in [1.29, 1.82) is 0 Å². The minimum absolute atomic E-state index is 0.107. The second-order valence-corrected chi connectivity index (χ2v) is 9.18. The van der Waals surface area contributed by atoms with Gasteiger partial charge in [-0.15, -0.1) is 0 Å². The molecule has 0 radical (unpaired) electrons. The first kappa shape index (κ1) is 24.8. The van der Waals surface area contributed by atoms with Crippen LogP contribution in [0.15, 0.2) is 36.9 Å². The number of benzene rings is 2. The van der Waals surface area contributed by atoms with Gasteiger partial charge < -0.3 is 25.0 Å². The summed E-state index contributed by atoms with van der Waals surface area (Å²) in [6.45, 7) is 6.03. The summed E-state index contributed by atoms with van der Waals surface area (Å²) in [7, 11) is 0. The SMILES string of the molecule is C=CC(=O)N1CCN(c2nc(NCCC(=O)O)nc3c4c(c(Cl)cc23)-c2c(F)cccc2OCC4)CC1. The third-order valence-electron chi connectivity index (χ3n) is 6.55. The molecule has 0 spiro atoms. The van der Waals surface area contributed by atoms with Gasteiger partial charge in [0, 0.05) is 55.1 Å². The third kappa shape index (κ3) is 4.76. The molecule has 0 unspecified atom stereocenters. The maximum absolute atomic E-state index is 15.0. The zero-order chi connectivity index (χ0) is 26.1. The molecule has 192 valence electrons. The quantitative estimate of drug-likeness (QED) is 0.469. The van der Waals surface area contributed by atoms with Crippen LogP contribution in [0.4, 0.5) is 16.2 Å². The molecule has 1 saturated heterocycles. The van der Waals surface area contributed by atoms with Crippen LogP contribution in [0.25, 0.3) is 22.0 Å². The number of hydrogen-bond acceptors (Lipinski definition) is 7. The average Bonchev–Trinajstić information content (AvgIpc) is 3.09. The van der Waals surface area contributed by atoms with E-state index in [-0.39, 0.29) is 24.8 Å². The summed E-state index contributed by atoms with van der Waals surface area (Å²) >= 11 is 6.80. The highest BCUT2D eigenvalue weighted by Crippen LogP contribution is 2.45. The van der Waals surface area contributed by atoms with Crippen LogP contribution in [-0.4, -0.2) is 71.2 Å². The summed E-state index contributed by atoms with van der Waals surface area (Å²) in [4.78, 5) is 36.3. The lowest BCUT2D eigenvalue weighted by Gasteiger charge is -2.35. The Balaban J connectivity index is 1.65. The molecule has 2 aliphatic rings. The zero-order valence-electron chi connectivity index (χ0n) is 20.0. The Hall–Kier alpha value is -3.92. The molecule has 3 heterocycles. The van der Waals surface area contributed by atoms with E-state index in [1.165, 1.54) is 12.1 Å². The molecule has 0 saturated carbocycles. The number of ether oxygens (including phenoxy) is 1. The van der Waals surface area contributed by atoms with Crippen molar-refractivity contribution in [3.8, 4) is 16.9 Å². The number of amides is 1. The highest BCUT2D eigenvalue weighted by atomic mass is 35.5. The lowest BCUT2D eigenvalue weighted by atomic mass is 9.94. The molecule has 0 aliphatic carbocycles. The first-order chi connectivity index (χ1) is 17.9. The maximum atomic E-state index is 15.0. The Morgan fingerprint density at radius 3 is 2.73 bits per heavy atom. The van der Waals surface area contributed by atoms with Gasteiger partial charge in [-0.1, -0.05) is 24.2 Å². The highest BCUT2D eigenvalue weighted by molar-refractivity contribution is 6.35. The minimum atomic E-state index is -0.943. The summed E-state index contributed by atoms with van der Waals surface area (Å²) in [5.41, 5.74) is 2.14. The molecule has 0 atom stereocenters. The first-order valence-electron chi connectivity index (χ1n) is 11.9. The molecule has 1 amide bonds. The Labute approximate surface area is 217 Å². The molecule has 3 aromatic rings. The van der Waals surface area contributed by atoms with Crippen LogP contribution in [0.3, 0.4) is 0 Å². The Morgan fingerprint density at radius 1 is 1.22 bits per heavy atom. The minimum Gasteiger partial charge on any atom is -0.492 e. The van der Waals surface area contributed by atoms with Gasteiger partial charge in [-0.05, 0) is 29.8 Å². The number of rotatable bonds is 6. The number of aromatic nitrogens is 2. The van der Waals surface area contributed by atoms with Crippen molar-refractivity contribution in [2.24, 2.45) is 0 Å². The van der Waals surface area contributed by atoms with E-state index in [9.17, 15) is 9.59 Å². The van der Waals surface area contributed by atoms with E-state index in [1.54, 1.807) is 23.1 Å². The number of carboxylic acid groups (broad SMARTS) is 1. The molecule has 1 aromatic heterocycles. The van der Waals surface area contributed by atoms with E-state index in [2.05, 4.69) is 11.9 Å². The van der Waals surface area contributed by atoms with Gasteiger partial charge in [-0.25, -0.2) is 9.37 Å². The number of fused-ring (bicyclic) bond motifs is 5. The van der Waals surface area contributed by atoms with Crippen LogP contribution in [0.1, 0.15) is 12.0 Å². The number of carbonyl (C=O) groups excluding carboxylic acids is 1. The number of aliphatic carboxylic acids is 1. The van der Waals surface area contributed by atoms with E-state index in [4.69, 9.17) is 31.4 Å². The summed E-state index contributed by atoms with van der Waals surface area (Å²) in [6.07, 6.45) is 1.63. The van der Waals surface area contributed by atoms with Crippen molar-refractivity contribution in [1.82, 2.24) is 14.9 Å². The summed E-state index contributed by atoms with van der Waals surface area (Å²) in [5.74, 6) is -0.233. The van der Waals surface area contributed by atoms with Crippen LogP contribution in [0.2, 0.25) is 5.02 Å². The molecule has 9 nitrogen and oxygen atoms in total. The van der Waals surface area contributed by atoms with E-state index in [1.807, 2.05) is 4.90 Å². The predicted octanol–water partition coefficient (Wildman–Crippen LogP) is 3.75. The van der Waals surface area contributed by atoms with E-state index < -0.39 is 11.8 Å². The van der Waals surface area contributed by atoms with Gasteiger partial charge >= 0.3 is 5.97 Å². The zero-order valence-corrected chi connectivity index (χ0v) is 20.7. The Kier molecular flexibility index (Phi) is 6.84. The van der Waals surface area contributed by atoms with Gasteiger partial charge in [0.25, 0.3) is 0 Å². The second-order valence-electron chi connectivity index (χ2n) is 8.78. The number of nitrogens with zero attached hydrogens (tertiary/aromatic N) is 4. The van der Waals surface area contributed by atoms with Crippen LogP contribution < -0.4 is 15.0 Å². The predicted molar refractivity (Wildman–Crippen MR) is 139 cm³/mol. The Bertz CT molecular complexity index is 1410. The van der Waals surface area contributed by atoms with Gasteiger partial charge in [0.15, 0.2) is 0 Å². The topological polar surface area (TPSA) is 108 Å². The van der Waals surface area contributed by atoms with E-state index >= 15 is 4.39 Å². The fourth-order valence-corrected chi connectivity index (χ4v) is 5.11. The fraction of sp³-hybridized carbons (Fsp3) is 0.308. The second kappa shape index (κ2) is 10.2. The van der Waals surface area contributed by atoms with Crippen LogP contribution in [-0.2, 0) is 16.0 Å². The van der Waals surface area contributed by atoms with Crippen molar-refractivity contribution >= 4 is 46.1 Å². The monoisotopic (exact) mass is 525 g/mol. The van der Waals surface area contributed by atoms with Crippen molar-refractivity contribution in [3.05, 3.63) is 53.3 Å². The van der Waals surface area contributed by atoms with Gasteiger partial charge in [0.05, 0.1) is 24.1 Å². The maximum Gasteiger partial charge on any atom is 0.305 e. The largest absolute Gasteiger partial charge is 0.492 e. The number of anilines is 2. The van der Waals surface area contributed by atoms with Gasteiger partial charge in [-0.2, -0.15) is 4.98 Å². The fourth-order valence-electron chi connectivity index (χ4n) is 4.80. The lowest BCUT2D eigenvalue weighted by molar-refractivity contribution is -0.136. The molecule has 0 bridgehead atoms. The van der Waals surface area contributed by atoms with Crippen molar-refractivity contribution in [2.75, 3.05) is 49.5 Å². The van der Waals surface area contributed by atoms with Gasteiger partial charge in [0.2, 0.25) is 11.9 Å². The smallest absolute Gasteiger partial charge is 0.305 e. The molecule has 2 aliphatic heterocycles. The van der Waals surface area contributed by atoms with Gasteiger partial charge in [-0.3, -0.25) is 9.59 Å².